The fourth-order valence-electron chi connectivity index (χ4n) is 1.25. The van der Waals surface area contributed by atoms with Crippen molar-refractivity contribution in [3.05, 3.63) is 22.4 Å². The van der Waals surface area contributed by atoms with Crippen LogP contribution in [0.3, 0.4) is 0 Å². The standard InChI is InChI=1S/C11H19N3S2/c1-12-11(14-7-9-15-2)13-6-5-10-4-3-8-16-10/h3-4,8H,5-7,9H2,1-2H3,(H2,12,13,14). The molecule has 1 heterocycles. The van der Waals surface area contributed by atoms with E-state index >= 15 is 0 Å². The number of thioether (sulfide) groups is 1. The van der Waals surface area contributed by atoms with Crippen molar-refractivity contribution in [2.45, 2.75) is 6.42 Å². The van der Waals surface area contributed by atoms with Crippen LogP contribution in [-0.2, 0) is 6.42 Å². The Morgan fingerprint density at radius 3 is 2.88 bits per heavy atom. The maximum atomic E-state index is 4.17. The third-order valence-corrected chi connectivity index (χ3v) is 3.61. The van der Waals surface area contributed by atoms with E-state index in [0.717, 1.165) is 31.2 Å². The van der Waals surface area contributed by atoms with Gasteiger partial charge >= 0.3 is 0 Å². The summed E-state index contributed by atoms with van der Waals surface area (Å²) in [5.41, 5.74) is 0. The highest BCUT2D eigenvalue weighted by Crippen LogP contribution is 2.07. The van der Waals surface area contributed by atoms with Gasteiger partial charge in [0.15, 0.2) is 5.96 Å². The summed E-state index contributed by atoms with van der Waals surface area (Å²) in [5.74, 6) is 2.00. The summed E-state index contributed by atoms with van der Waals surface area (Å²) in [6, 6.07) is 4.25. The first kappa shape index (κ1) is 13.4. The Bertz CT molecular complexity index is 296. The van der Waals surface area contributed by atoms with Gasteiger partial charge in [0.1, 0.15) is 0 Å². The van der Waals surface area contributed by atoms with Gasteiger partial charge < -0.3 is 10.6 Å². The zero-order valence-electron chi connectivity index (χ0n) is 9.82. The van der Waals surface area contributed by atoms with E-state index in [2.05, 4.69) is 39.4 Å². The van der Waals surface area contributed by atoms with E-state index in [-0.39, 0.29) is 0 Å². The molecule has 16 heavy (non-hydrogen) atoms. The van der Waals surface area contributed by atoms with Crippen LogP contribution < -0.4 is 10.6 Å². The van der Waals surface area contributed by atoms with Crippen molar-refractivity contribution in [2.24, 2.45) is 4.99 Å². The fourth-order valence-corrected chi connectivity index (χ4v) is 2.27. The van der Waals surface area contributed by atoms with Gasteiger partial charge in [-0.15, -0.1) is 11.3 Å². The van der Waals surface area contributed by atoms with Gasteiger partial charge in [0.2, 0.25) is 0 Å². The molecule has 0 bridgehead atoms. The molecule has 1 aromatic heterocycles. The average Bonchev–Trinajstić information content (AvgIpc) is 2.80. The highest BCUT2D eigenvalue weighted by molar-refractivity contribution is 7.98. The van der Waals surface area contributed by atoms with E-state index in [0.29, 0.717) is 0 Å². The largest absolute Gasteiger partial charge is 0.356 e. The molecule has 0 aliphatic carbocycles. The van der Waals surface area contributed by atoms with Crippen LogP contribution in [0.5, 0.6) is 0 Å². The van der Waals surface area contributed by atoms with Crippen molar-refractivity contribution >= 4 is 29.1 Å². The third-order valence-electron chi connectivity index (χ3n) is 2.07. The molecule has 1 rings (SSSR count). The highest BCUT2D eigenvalue weighted by atomic mass is 32.2. The number of nitrogens with one attached hydrogen (secondary N) is 2. The van der Waals surface area contributed by atoms with Gasteiger partial charge in [0.25, 0.3) is 0 Å². The van der Waals surface area contributed by atoms with Crippen molar-refractivity contribution in [2.75, 3.05) is 32.1 Å². The van der Waals surface area contributed by atoms with E-state index in [4.69, 9.17) is 0 Å². The van der Waals surface area contributed by atoms with Crippen LogP contribution in [0.25, 0.3) is 0 Å². The normalized spacial score (nSPS) is 11.5. The van der Waals surface area contributed by atoms with Crippen LogP contribution in [0.1, 0.15) is 4.88 Å². The Balaban J connectivity index is 2.14. The lowest BCUT2D eigenvalue weighted by molar-refractivity contribution is 0.818. The van der Waals surface area contributed by atoms with E-state index in [1.807, 2.05) is 11.8 Å². The monoisotopic (exact) mass is 257 g/mol. The molecule has 0 saturated carbocycles. The molecule has 0 amide bonds. The summed E-state index contributed by atoms with van der Waals surface area (Å²) in [5, 5.41) is 8.69. The molecule has 0 aromatic carbocycles. The Labute approximate surface area is 106 Å². The molecule has 0 radical (unpaired) electrons. The predicted molar refractivity (Wildman–Crippen MR) is 75.8 cm³/mol. The van der Waals surface area contributed by atoms with E-state index in [9.17, 15) is 0 Å². The summed E-state index contributed by atoms with van der Waals surface area (Å²) in [7, 11) is 1.81. The maximum absolute atomic E-state index is 4.17. The molecule has 1 aromatic rings. The van der Waals surface area contributed by atoms with Crippen LogP contribution >= 0.6 is 23.1 Å². The molecular weight excluding hydrogens is 238 g/mol. The minimum atomic E-state index is 0.894. The minimum Gasteiger partial charge on any atom is -0.356 e. The predicted octanol–water partition coefficient (Wildman–Crippen LogP) is 1.82. The second-order valence-electron chi connectivity index (χ2n) is 3.25. The Morgan fingerprint density at radius 1 is 1.44 bits per heavy atom. The van der Waals surface area contributed by atoms with Gasteiger partial charge in [0, 0.05) is 30.8 Å². The molecule has 5 heteroatoms. The van der Waals surface area contributed by atoms with Gasteiger partial charge in [-0.2, -0.15) is 11.8 Å². The summed E-state index contributed by atoms with van der Waals surface area (Å²) in [6.45, 7) is 1.89. The topological polar surface area (TPSA) is 36.4 Å². The van der Waals surface area contributed by atoms with Gasteiger partial charge in [-0.3, -0.25) is 4.99 Å². The first-order chi connectivity index (χ1) is 7.86. The smallest absolute Gasteiger partial charge is 0.191 e. The van der Waals surface area contributed by atoms with Gasteiger partial charge in [-0.25, -0.2) is 0 Å². The molecule has 2 N–H and O–H groups in total. The second-order valence-corrected chi connectivity index (χ2v) is 5.27. The summed E-state index contributed by atoms with van der Waals surface area (Å²) < 4.78 is 0. The molecule has 0 unspecified atom stereocenters. The lowest BCUT2D eigenvalue weighted by atomic mass is 10.3. The van der Waals surface area contributed by atoms with Crippen molar-refractivity contribution in [1.29, 1.82) is 0 Å². The number of aliphatic imine (C=N–C) groups is 1. The molecule has 0 aliphatic rings. The SMILES string of the molecule is CN=C(NCCSC)NCCc1cccs1. The van der Waals surface area contributed by atoms with Crippen LogP contribution in [-0.4, -0.2) is 38.1 Å². The number of thiophene rings is 1. The second kappa shape index (κ2) is 8.47. The molecular formula is C11H19N3S2. The number of hydrogen-bond donors (Lipinski definition) is 2. The first-order valence-electron chi connectivity index (χ1n) is 5.32. The number of hydrogen-bond acceptors (Lipinski definition) is 3. The Morgan fingerprint density at radius 2 is 2.25 bits per heavy atom. The lowest BCUT2D eigenvalue weighted by Crippen LogP contribution is -2.39. The first-order valence-corrected chi connectivity index (χ1v) is 7.60. The van der Waals surface area contributed by atoms with Gasteiger partial charge in [-0.05, 0) is 24.1 Å². The van der Waals surface area contributed by atoms with Crippen LogP contribution in [0.15, 0.2) is 22.5 Å². The van der Waals surface area contributed by atoms with Crippen molar-refractivity contribution in [3.8, 4) is 0 Å². The Hall–Kier alpha value is -0.680. The number of guanidine groups is 1. The van der Waals surface area contributed by atoms with Crippen molar-refractivity contribution < 1.29 is 0 Å². The Kier molecular flexibility index (Phi) is 7.09. The number of nitrogens with zero attached hydrogens (tertiary/aromatic N) is 1. The van der Waals surface area contributed by atoms with E-state index < -0.39 is 0 Å². The zero-order valence-corrected chi connectivity index (χ0v) is 11.5. The molecule has 0 saturated heterocycles. The van der Waals surface area contributed by atoms with Crippen LogP contribution in [0.4, 0.5) is 0 Å². The zero-order chi connectivity index (χ0) is 11.6. The molecule has 3 nitrogen and oxygen atoms in total. The molecule has 0 fully saturated rings. The summed E-state index contributed by atoms with van der Waals surface area (Å²) >= 11 is 3.63. The van der Waals surface area contributed by atoms with E-state index in [1.54, 1.807) is 18.4 Å². The van der Waals surface area contributed by atoms with Crippen molar-refractivity contribution in [3.63, 3.8) is 0 Å². The van der Waals surface area contributed by atoms with Gasteiger partial charge in [0.05, 0.1) is 0 Å². The highest BCUT2D eigenvalue weighted by Gasteiger charge is 1.97. The van der Waals surface area contributed by atoms with Crippen LogP contribution in [0, 0.1) is 0 Å². The lowest BCUT2D eigenvalue weighted by Gasteiger charge is -2.10. The quantitative estimate of drug-likeness (QED) is 0.464. The van der Waals surface area contributed by atoms with E-state index in [1.165, 1.54) is 4.88 Å². The third kappa shape index (κ3) is 5.42. The molecule has 0 spiro atoms. The van der Waals surface area contributed by atoms with Crippen LogP contribution in [0.2, 0.25) is 0 Å². The number of rotatable bonds is 6. The van der Waals surface area contributed by atoms with Crippen molar-refractivity contribution in [1.82, 2.24) is 10.6 Å². The molecule has 0 atom stereocenters. The van der Waals surface area contributed by atoms with Gasteiger partial charge in [-0.1, -0.05) is 6.07 Å². The maximum Gasteiger partial charge on any atom is 0.191 e. The summed E-state index contributed by atoms with van der Waals surface area (Å²) in [6.07, 6.45) is 3.16. The molecule has 90 valence electrons. The average molecular weight is 257 g/mol. The summed E-state index contributed by atoms with van der Waals surface area (Å²) in [4.78, 5) is 5.58. The molecule has 0 aliphatic heterocycles. The minimum absolute atomic E-state index is 0.894. The fraction of sp³-hybridized carbons (Fsp3) is 0.545.